The van der Waals surface area contributed by atoms with E-state index in [2.05, 4.69) is 15.3 Å². The first kappa shape index (κ1) is 13.2. The van der Waals surface area contributed by atoms with Crippen LogP contribution in [0.25, 0.3) is 0 Å². The highest BCUT2D eigenvalue weighted by atomic mass is 32.1. The number of rotatable bonds is 5. The number of nitrogens with one attached hydrogen (secondary N) is 1. The van der Waals surface area contributed by atoms with E-state index in [9.17, 15) is 9.59 Å². The number of esters is 1. The molecule has 0 aromatic carbocycles. The maximum absolute atomic E-state index is 11.5. The summed E-state index contributed by atoms with van der Waals surface area (Å²) >= 11 is 1.50. The summed E-state index contributed by atoms with van der Waals surface area (Å²) < 4.78 is 4.85. The molecule has 19 heavy (non-hydrogen) atoms. The normalized spacial score (nSPS) is 9.89. The van der Waals surface area contributed by atoms with E-state index in [1.165, 1.54) is 23.7 Å². The summed E-state index contributed by atoms with van der Waals surface area (Å²) in [7, 11) is 0. The van der Waals surface area contributed by atoms with Gasteiger partial charge in [-0.1, -0.05) is 0 Å². The third-order valence-corrected chi connectivity index (χ3v) is 2.84. The zero-order valence-electron chi connectivity index (χ0n) is 9.91. The third-order valence-electron chi connectivity index (χ3n) is 2.11. The Balaban J connectivity index is 1.73. The molecule has 0 aliphatic rings. The summed E-state index contributed by atoms with van der Waals surface area (Å²) in [4.78, 5) is 30.5. The highest BCUT2D eigenvalue weighted by Gasteiger charge is 2.09. The number of ether oxygens (including phenoxy) is 1. The molecular formula is C12H11N3O3S. The molecule has 6 nitrogen and oxygen atoms in total. The topological polar surface area (TPSA) is 81.2 Å². The van der Waals surface area contributed by atoms with Gasteiger partial charge in [0.15, 0.2) is 6.61 Å². The Hall–Kier alpha value is -2.28. The number of anilines is 1. The van der Waals surface area contributed by atoms with Gasteiger partial charge in [-0.2, -0.15) is 11.3 Å². The Morgan fingerprint density at radius 3 is 2.79 bits per heavy atom. The molecule has 0 unspecified atom stereocenters. The van der Waals surface area contributed by atoms with Gasteiger partial charge in [0, 0.05) is 12.4 Å². The SMILES string of the molecule is O=C(COC(=O)Cc1ccsc1)Nc1ncccn1. The van der Waals surface area contributed by atoms with E-state index < -0.39 is 11.9 Å². The zero-order chi connectivity index (χ0) is 13.5. The first-order valence-corrected chi connectivity index (χ1v) is 6.42. The molecule has 98 valence electrons. The van der Waals surface area contributed by atoms with Crippen LogP contribution in [0, 0.1) is 0 Å². The van der Waals surface area contributed by atoms with E-state index in [0.717, 1.165) is 5.56 Å². The van der Waals surface area contributed by atoms with Gasteiger partial charge in [0.05, 0.1) is 6.42 Å². The van der Waals surface area contributed by atoms with Crippen LogP contribution in [0.3, 0.4) is 0 Å². The van der Waals surface area contributed by atoms with E-state index in [1.807, 2.05) is 16.8 Å². The predicted octanol–water partition coefficient (Wildman–Crippen LogP) is 1.26. The van der Waals surface area contributed by atoms with E-state index in [0.29, 0.717) is 0 Å². The summed E-state index contributed by atoms with van der Waals surface area (Å²) in [5.74, 6) is -0.728. The fourth-order valence-corrected chi connectivity index (χ4v) is 1.95. The van der Waals surface area contributed by atoms with Crippen molar-refractivity contribution in [3.63, 3.8) is 0 Å². The lowest BCUT2D eigenvalue weighted by molar-refractivity contribution is -0.146. The van der Waals surface area contributed by atoms with Gasteiger partial charge in [-0.15, -0.1) is 0 Å². The lowest BCUT2D eigenvalue weighted by atomic mass is 10.2. The molecule has 1 N–H and O–H groups in total. The molecular weight excluding hydrogens is 266 g/mol. The van der Waals surface area contributed by atoms with Gasteiger partial charge < -0.3 is 4.74 Å². The van der Waals surface area contributed by atoms with Gasteiger partial charge in [-0.3, -0.25) is 14.9 Å². The van der Waals surface area contributed by atoms with Crippen LogP contribution in [0.4, 0.5) is 5.95 Å². The summed E-state index contributed by atoms with van der Waals surface area (Å²) in [6, 6.07) is 3.47. The average molecular weight is 277 g/mol. The van der Waals surface area contributed by atoms with Crippen molar-refractivity contribution in [1.29, 1.82) is 0 Å². The second kappa shape index (κ2) is 6.60. The summed E-state index contributed by atoms with van der Waals surface area (Å²) in [5.41, 5.74) is 0.877. The van der Waals surface area contributed by atoms with Crippen LogP contribution in [0.15, 0.2) is 35.3 Å². The summed E-state index contributed by atoms with van der Waals surface area (Å²) in [5, 5.41) is 6.16. The molecule has 0 fully saturated rings. The van der Waals surface area contributed by atoms with Crippen LogP contribution >= 0.6 is 11.3 Å². The molecule has 0 bridgehead atoms. The number of amides is 1. The Morgan fingerprint density at radius 1 is 1.32 bits per heavy atom. The lowest BCUT2D eigenvalue weighted by Crippen LogP contribution is -2.22. The van der Waals surface area contributed by atoms with E-state index in [-0.39, 0.29) is 19.0 Å². The van der Waals surface area contributed by atoms with Crippen molar-refractivity contribution >= 4 is 29.2 Å². The molecule has 7 heteroatoms. The van der Waals surface area contributed by atoms with E-state index in [1.54, 1.807) is 6.07 Å². The smallest absolute Gasteiger partial charge is 0.310 e. The second-order valence-corrected chi connectivity index (χ2v) is 4.37. The Bertz CT molecular complexity index is 543. The molecule has 2 aromatic rings. The number of thiophene rings is 1. The number of carbonyl (C=O) groups is 2. The van der Waals surface area contributed by atoms with Gasteiger partial charge in [-0.25, -0.2) is 9.97 Å². The number of carbonyl (C=O) groups excluding carboxylic acids is 2. The van der Waals surface area contributed by atoms with Crippen molar-refractivity contribution in [1.82, 2.24) is 9.97 Å². The molecule has 1 amide bonds. The Morgan fingerprint density at radius 2 is 2.11 bits per heavy atom. The fourth-order valence-electron chi connectivity index (χ4n) is 1.28. The third kappa shape index (κ3) is 4.47. The maximum atomic E-state index is 11.5. The molecule has 0 saturated carbocycles. The molecule has 0 aliphatic heterocycles. The fraction of sp³-hybridized carbons (Fsp3) is 0.167. The number of nitrogens with zero attached hydrogens (tertiary/aromatic N) is 2. The monoisotopic (exact) mass is 277 g/mol. The van der Waals surface area contributed by atoms with Crippen LogP contribution in [0.2, 0.25) is 0 Å². The number of aromatic nitrogens is 2. The van der Waals surface area contributed by atoms with Crippen LogP contribution < -0.4 is 5.32 Å². The lowest BCUT2D eigenvalue weighted by Gasteiger charge is -2.04. The molecule has 0 atom stereocenters. The first-order valence-electron chi connectivity index (χ1n) is 5.47. The van der Waals surface area contributed by atoms with Crippen molar-refractivity contribution < 1.29 is 14.3 Å². The first-order chi connectivity index (χ1) is 9.24. The largest absolute Gasteiger partial charge is 0.455 e. The van der Waals surface area contributed by atoms with Crippen LogP contribution in [0.1, 0.15) is 5.56 Å². The Kier molecular flexibility index (Phi) is 4.57. The zero-order valence-corrected chi connectivity index (χ0v) is 10.7. The summed E-state index contributed by atoms with van der Waals surface area (Å²) in [6.07, 6.45) is 3.18. The molecule has 0 saturated heterocycles. The quantitative estimate of drug-likeness (QED) is 0.832. The number of hydrogen-bond acceptors (Lipinski definition) is 6. The van der Waals surface area contributed by atoms with Crippen molar-refractivity contribution in [3.8, 4) is 0 Å². The molecule has 2 rings (SSSR count). The molecule has 0 spiro atoms. The van der Waals surface area contributed by atoms with Crippen molar-refractivity contribution in [2.45, 2.75) is 6.42 Å². The average Bonchev–Trinajstić information content (AvgIpc) is 2.90. The van der Waals surface area contributed by atoms with Crippen molar-refractivity contribution in [2.75, 3.05) is 11.9 Å². The Labute approximate surface area is 113 Å². The van der Waals surface area contributed by atoms with Gasteiger partial charge in [0.2, 0.25) is 5.95 Å². The predicted molar refractivity (Wildman–Crippen MR) is 69.6 cm³/mol. The minimum atomic E-state index is -0.468. The highest BCUT2D eigenvalue weighted by molar-refractivity contribution is 7.07. The highest BCUT2D eigenvalue weighted by Crippen LogP contribution is 2.07. The molecule has 0 aliphatic carbocycles. The second-order valence-electron chi connectivity index (χ2n) is 3.59. The van der Waals surface area contributed by atoms with Gasteiger partial charge in [0.1, 0.15) is 0 Å². The van der Waals surface area contributed by atoms with Crippen molar-refractivity contribution in [3.05, 3.63) is 40.8 Å². The van der Waals surface area contributed by atoms with Crippen molar-refractivity contribution in [2.24, 2.45) is 0 Å². The van der Waals surface area contributed by atoms with Crippen LogP contribution in [-0.4, -0.2) is 28.5 Å². The minimum Gasteiger partial charge on any atom is -0.455 e. The van der Waals surface area contributed by atoms with E-state index in [4.69, 9.17) is 4.74 Å². The molecule has 2 aromatic heterocycles. The molecule has 2 heterocycles. The maximum Gasteiger partial charge on any atom is 0.310 e. The van der Waals surface area contributed by atoms with Gasteiger partial charge >= 0.3 is 5.97 Å². The molecule has 0 radical (unpaired) electrons. The summed E-state index contributed by atoms with van der Waals surface area (Å²) in [6.45, 7) is -0.346. The van der Waals surface area contributed by atoms with Crippen LogP contribution in [0.5, 0.6) is 0 Å². The van der Waals surface area contributed by atoms with Gasteiger partial charge in [0.25, 0.3) is 5.91 Å². The van der Waals surface area contributed by atoms with Gasteiger partial charge in [-0.05, 0) is 28.5 Å². The minimum absolute atomic E-state index is 0.165. The van der Waals surface area contributed by atoms with Crippen LogP contribution in [-0.2, 0) is 20.7 Å². The standard InChI is InChI=1S/C12H11N3O3S/c16-10(15-12-13-3-1-4-14-12)7-18-11(17)6-9-2-5-19-8-9/h1-5,8H,6-7H2,(H,13,14,15,16). The van der Waals surface area contributed by atoms with E-state index >= 15 is 0 Å². The number of hydrogen-bond donors (Lipinski definition) is 1.